The number of rotatable bonds is 7. The maximum Gasteiger partial charge on any atom is 0.260 e. The Morgan fingerprint density at radius 1 is 1.10 bits per heavy atom. The molecule has 0 saturated heterocycles. The van der Waals surface area contributed by atoms with Gasteiger partial charge in [-0.15, -0.1) is 0 Å². The standard InChI is InChI=1S/C21H22ClF2N3OS/c1-4-26(5-2)10-11-27(20(28)14-7-9-16(23)17(24)12-14)21-25-18-13(3)6-8-15(22)19(18)29-21/h6-9,12H,4-5,10-11H2,1-3H3. The molecule has 1 heterocycles. The van der Waals surface area contributed by atoms with Gasteiger partial charge in [-0.25, -0.2) is 13.8 Å². The minimum absolute atomic E-state index is 0.0746. The number of carbonyl (C=O) groups is 1. The second-order valence-electron chi connectivity index (χ2n) is 6.65. The van der Waals surface area contributed by atoms with E-state index in [1.165, 1.54) is 22.3 Å². The molecule has 0 N–H and O–H groups in total. The Balaban J connectivity index is 2.02. The number of benzene rings is 2. The quantitative estimate of drug-likeness (QED) is 0.488. The van der Waals surface area contributed by atoms with Crippen molar-refractivity contribution in [3.05, 3.63) is 58.1 Å². The molecule has 3 rings (SSSR count). The third kappa shape index (κ3) is 4.57. The van der Waals surface area contributed by atoms with E-state index in [-0.39, 0.29) is 5.56 Å². The monoisotopic (exact) mass is 437 g/mol. The van der Waals surface area contributed by atoms with Crippen molar-refractivity contribution in [1.82, 2.24) is 9.88 Å². The molecule has 0 bridgehead atoms. The van der Waals surface area contributed by atoms with Crippen LogP contribution in [0.25, 0.3) is 10.2 Å². The lowest BCUT2D eigenvalue weighted by Crippen LogP contribution is -2.39. The van der Waals surface area contributed by atoms with E-state index in [9.17, 15) is 13.6 Å². The number of carbonyl (C=O) groups excluding carboxylic acids is 1. The van der Waals surface area contributed by atoms with E-state index in [1.807, 2.05) is 26.8 Å². The van der Waals surface area contributed by atoms with Crippen molar-refractivity contribution in [3.63, 3.8) is 0 Å². The Bertz CT molecular complexity index is 997. The van der Waals surface area contributed by atoms with Crippen LogP contribution in [0, 0.1) is 18.6 Å². The smallest absolute Gasteiger partial charge is 0.260 e. The first kappa shape index (κ1) is 21.6. The van der Waals surface area contributed by atoms with Gasteiger partial charge in [0.1, 0.15) is 0 Å². The second-order valence-corrected chi connectivity index (χ2v) is 8.04. The lowest BCUT2D eigenvalue weighted by molar-refractivity contribution is 0.0983. The molecule has 2 aromatic carbocycles. The van der Waals surface area contributed by atoms with E-state index in [0.29, 0.717) is 23.2 Å². The zero-order valence-corrected chi connectivity index (χ0v) is 18.1. The Morgan fingerprint density at radius 2 is 1.83 bits per heavy atom. The maximum atomic E-state index is 13.7. The maximum absolute atomic E-state index is 13.7. The summed E-state index contributed by atoms with van der Waals surface area (Å²) < 4.78 is 27.8. The van der Waals surface area contributed by atoms with E-state index >= 15 is 0 Å². The fraction of sp³-hybridized carbons (Fsp3) is 0.333. The summed E-state index contributed by atoms with van der Waals surface area (Å²) in [7, 11) is 0. The average Bonchev–Trinajstić information content (AvgIpc) is 3.16. The topological polar surface area (TPSA) is 36.4 Å². The number of thiazole rings is 1. The molecule has 4 nitrogen and oxygen atoms in total. The van der Waals surface area contributed by atoms with Crippen LogP contribution in [-0.4, -0.2) is 42.0 Å². The molecule has 0 spiro atoms. The molecule has 3 aromatic rings. The van der Waals surface area contributed by atoms with Crippen molar-refractivity contribution in [3.8, 4) is 0 Å². The van der Waals surface area contributed by atoms with Gasteiger partial charge in [0.15, 0.2) is 16.8 Å². The molecule has 1 amide bonds. The van der Waals surface area contributed by atoms with Crippen LogP contribution in [0.2, 0.25) is 5.02 Å². The summed E-state index contributed by atoms with van der Waals surface area (Å²) in [5.74, 6) is -2.47. The van der Waals surface area contributed by atoms with Crippen LogP contribution in [0.5, 0.6) is 0 Å². The highest BCUT2D eigenvalue weighted by Gasteiger charge is 2.24. The highest BCUT2D eigenvalue weighted by molar-refractivity contribution is 7.23. The summed E-state index contributed by atoms with van der Waals surface area (Å²) in [6.07, 6.45) is 0. The Hall–Kier alpha value is -2.09. The summed E-state index contributed by atoms with van der Waals surface area (Å²) in [5.41, 5.74) is 1.77. The highest BCUT2D eigenvalue weighted by atomic mass is 35.5. The first-order chi connectivity index (χ1) is 13.8. The summed E-state index contributed by atoms with van der Waals surface area (Å²) in [6.45, 7) is 8.71. The van der Waals surface area contributed by atoms with E-state index in [1.54, 1.807) is 6.07 Å². The molecule has 0 fully saturated rings. The zero-order valence-electron chi connectivity index (χ0n) is 16.5. The molecule has 0 atom stereocenters. The van der Waals surface area contributed by atoms with Crippen molar-refractivity contribution in [2.45, 2.75) is 20.8 Å². The van der Waals surface area contributed by atoms with Gasteiger partial charge in [0.2, 0.25) is 0 Å². The summed E-state index contributed by atoms with van der Waals surface area (Å²) >= 11 is 7.64. The van der Waals surface area contributed by atoms with Gasteiger partial charge >= 0.3 is 0 Å². The minimum Gasteiger partial charge on any atom is -0.302 e. The van der Waals surface area contributed by atoms with E-state index < -0.39 is 17.5 Å². The number of halogens is 3. The van der Waals surface area contributed by atoms with Crippen LogP contribution >= 0.6 is 22.9 Å². The van der Waals surface area contributed by atoms with Gasteiger partial charge in [-0.05, 0) is 49.8 Å². The Morgan fingerprint density at radius 3 is 2.45 bits per heavy atom. The van der Waals surface area contributed by atoms with Gasteiger partial charge in [-0.2, -0.15) is 0 Å². The van der Waals surface area contributed by atoms with Crippen LogP contribution in [-0.2, 0) is 0 Å². The van der Waals surface area contributed by atoms with Crippen LogP contribution < -0.4 is 4.90 Å². The van der Waals surface area contributed by atoms with Gasteiger partial charge in [0, 0.05) is 18.7 Å². The normalized spacial score (nSPS) is 11.4. The number of hydrogen-bond donors (Lipinski definition) is 0. The third-order valence-corrected chi connectivity index (χ3v) is 6.40. The Kier molecular flexibility index (Phi) is 6.82. The summed E-state index contributed by atoms with van der Waals surface area (Å²) in [6, 6.07) is 6.86. The summed E-state index contributed by atoms with van der Waals surface area (Å²) in [5, 5.41) is 1.05. The van der Waals surface area contributed by atoms with Gasteiger partial charge in [0.05, 0.1) is 15.2 Å². The molecular weight excluding hydrogens is 416 g/mol. The molecule has 0 aliphatic heterocycles. The molecule has 29 heavy (non-hydrogen) atoms. The van der Waals surface area contributed by atoms with Gasteiger partial charge in [-0.3, -0.25) is 9.69 Å². The third-order valence-electron chi connectivity index (χ3n) is 4.86. The van der Waals surface area contributed by atoms with Gasteiger partial charge in [0.25, 0.3) is 5.91 Å². The average molecular weight is 438 g/mol. The molecule has 154 valence electrons. The number of anilines is 1. The lowest BCUT2D eigenvalue weighted by Gasteiger charge is -2.24. The molecule has 1 aromatic heterocycles. The summed E-state index contributed by atoms with van der Waals surface area (Å²) in [4.78, 5) is 21.5. The first-order valence-corrected chi connectivity index (χ1v) is 10.6. The van der Waals surface area contributed by atoms with E-state index in [2.05, 4.69) is 9.88 Å². The van der Waals surface area contributed by atoms with E-state index in [0.717, 1.165) is 41.0 Å². The van der Waals surface area contributed by atoms with Gasteiger partial charge in [-0.1, -0.05) is 42.9 Å². The molecule has 0 unspecified atom stereocenters. The largest absolute Gasteiger partial charge is 0.302 e. The fourth-order valence-corrected chi connectivity index (χ4v) is 4.40. The first-order valence-electron chi connectivity index (χ1n) is 9.40. The van der Waals surface area contributed by atoms with Gasteiger partial charge < -0.3 is 4.90 Å². The fourth-order valence-electron chi connectivity index (χ4n) is 3.06. The molecule has 0 saturated carbocycles. The number of aryl methyl sites for hydroxylation is 1. The highest BCUT2D eigenvalue weighted by Crippen LogP contribution is 2.36. The zero-order chi connectivity index (χ0) is 21.1. The second kappa shape index (κ2) is 9.15. The predicted octanol–water partition coefficient (Wildman–Crippen LogP) is 5.52. The number of aromatic nitrogens is 1. The molecule has 0 aliphatic carbocycles. The van der Waals surface area contributed by atoms with Crippen molar-refractivity contribution in [2.75, 3.05) is 31.1 Å². The molecular formula is C21H22ClF2N3OS. The number of fused-ring (bicyclic) bond motifs is 1. The molecule has 0 radical (unpaired) electrons. The van der Waals surface area contributed by atoms with E-state index in [4.69, 9.17) is 11.6 Å². The van der Waals surface area contributed by atoms with Crippen molar-refractivity contribution >= 4 is 44.2 Å². The molecule has 0 aliphatic rings. The molecule has 8 heteroatoms. The van der Waals surface area contributed by atoms with Crippen LogP contribution in [0.1, 0.15) is 29.8 Å². The number of amides is 1. The SMILES string of the molecule is CCN(CC)CCN(C(=O)c1ccc(F)c(F)c1)c1nc2c(C)ccc(Cl)c2s1. The lowest BCUT2D eigenvalue weighted by atomic mass is 10.2. The van der Waals surface area contributed by atoms with Crippen molar-refractivity contribution in [1.29, 1.82) is 0 Å². The number of hydrogen-bond acceptors (Lipinski definition) is 4. The van der Waals surface area contributed by atoms with Crippen LogP contribution in [0.15, 0.2) is 30.3 Å². The van der Waals surface area contributed by atoms with Crippen LogP contribution in [0.4, 0.5) is 13.9 Å². The number of nitrogens with zero attached hydrogens (tertiary/aromatic N) is 3. The predicted molar refractivity (Wildman–Crippen MR) is 115 cm³/mol. The number of likely N-dealkylation sites (N-methyl/N-ethyl adjacent to an activating group) is 1. The Labute approximate surface area is 177 Å². The van der Waals surface area contributed by atoms with Crippen molar-refractivity contribution in [2.24, 2.45) is 0 Å². The van der Waals surface area contributed by atoms with Crippen molar-refractivity contribution < 1.29 is 13.6 Å². The van der Waals surface area contributed by atoms with Crippen LogP contribution in [0.3, 0.4) is 0 Å². The minimum atomic E-state index is -1.05.